The van der Waals surface area contributed by atoms with Gasteiger partial charge in [0, 0.05) is 17.1 Å². The molecule has 9 nitrogen and oxygen atoms in total. The van der Waals surface area contributed by atoms with E-state index >= 15 is 0 Å². The highest BCUT2D eigenvalue weighted by atomic mass is 16.6. The monoisotopic (exact) mass is 353 g/mol. The number of nitro groups is 1. The molecule has 0 spiro atoms. The van der Waals surface area contributed by atoms with Crippen LogP contribution in [0.2, 0.25) is 0 Å². The van der Waals surface area contributed by atoms with Crippen LogP contribution in [0.5, 0.6) is 5.88 Å². The Labute approximate surface area is 148 Å². The Balaban J connectivity index is 1.79. The van der Waals surface area contributed by atoms with Crippen LogP contribution in [0.4, 0.5) is 22.7 Å². The standard InChI is InChI=1S/C17H15N5O4/c1-26-17-15(22(24)25)14(20-21-17)16(23)19-13-9-5-8-12(10-13)18-11-6-3-2-4-7-11/h2-10,18H,1H3,(H,19,23)(H,20,21). The molecular weight excluding hydrogens is 338 g/mol. The summed E-state index contributed by atoms with van der Waals surface area (Å²) in [5.41, 5.74) is 1.33. The fourth-order valence-corrected chi connectivity index (χ4v) is 2.35. The van der Waals surface area contributed by atoms with Crippen LogP contribution in [0.3, 0.4) is 0 Å². The molecule has 0 aliphatic rings. The number of benzene rings is 2. The van der Waals surface area contributed by atoms with Gasteiger partial charge in [0.15, 0.2) is 0 Å². The average Bonchev–Trinajstić information content (AvgIpc) is 3.07. The topological polar surface area (TPSA) is 122 Å². The van der Waals surface area contributed by atoms with Gasteiger partial charge in [-0.05, 0) is 30.3 Å². The van der Waals surface area contributed by atoms with Crippen LogP contribution >= 0.6 is 0 Å². The van der Waals surface area contributed by atoms with Crippen molar-refractivity contribution in [3.63, 3.8) is 0 Å². The number of carbonyl (C=O) groups is 1. The summed E-state index contributed by atoms with van der Waals surface area (Å²) in [4.78, 5) is 22.8. The number of aromatic amines is 1. The summed E-state index contributed by atoms with van der Waals surface area (Å²) in [5, 5.41) is 22.9. The van der Waals surface area contributed by atoms with Crippen molar-refractivity contribution in [1.82, 2.24) is 10.2 Å². The van der Waals surface area contributed by atoms with Gasteiger partial charge in [-0.1, -0.05) is 24.3 Å². The molecule has 0 unspecified atom stereocenters. The summed E-state index contributed by atoms with van der Waals surface area (Å²) in [6, 6.07) is 16.5. The molecule has 2 aromatic carbocycles. The van der Waals surface area contributed by atoms with E-state index in [0.29, 0.717) is 5.69 Å². The molecule has 9 heteroatoms. The van der Waals surface area contributed by atoms with E-state index in [1.807, 2.05) is 36.4 Å². The molecule has 132 valence electrons. The quantitative estimate of drug-likeness (QED) is 0.461. The Kier molecular flexibility index (Phi) is 4.79. The molecule has 3 aromatic rings. The van der Waals surface area contributed by atoms with E-state index < -0.39 is 16.5 Å². The van der Waals surface area contributed by atoms with E-state index in [4.69, 9.17) is 4.74 Å². The number of rotatable bonds is 6. The van der Waals surface area contributed by atoms with Crippen molar-refractivity contribution in [1.29, 1.82) is 0 Å². The Morgan fingerprint density at radius 3 is 2.50 bits per heavy atom. The largest absolute Gasteiger partial charge is 0.475 e. The smallest absolute Gasteiger partial charge is 0.362 e. The van der Waals surface area contributed by atoms with Crippen LogP contribution in [0, 0.1) is 10.1 Å². The zero-order chi connectivity index (χ0) is 18.5. The normalized spacial score (nSPS) is 10.2. The van der Waals surface area contributed by atoms with Gasteiger partial charge < -0.3 is 15.4 Å². The average molecular weight is 353 g/mol. The second-order valence-corrected chi connectivity index (χ2v) is 5.24. The van der Waals surface area contributed by atoms with Gasteiger partial charge in [0.2, 0.25) is 5.69 Å². The molecule has 3 rings (SSSR count). The molecule has 0 radical (unpaired) electrons. The summed E-state index contributed by atoms with van der Waals surface area (Å²) in [5.74, 6) is -0.941. The molecule has 0 fully saturated rings. The first-order valence-electron chi connectivity index (χ1n) is 7.58. The van der Waals surface area contributed by atoms with E-state index in [1.54, 1.807) is 18.2 Å². The minimum atomic E-state index is -0.718. The molecule has 0 aliphatic carbocycles. The molecule has 1 heterocycles. The lowest BCUT2D eigenvalue weighted by molar-refractivity contribution is -0.386. The first-order chi connectivity index (χ1) is 12.6. The minimum Gasteiger partial charge on any atom is -0.475 e. The number of aromatic nitrogens is 2. The van der Waals surface area contributed by atoms with Crippen molar-refractivity contribution in [2.75, 3.05) is 17.7 Å². The molecule has 26 heavy (non-hydrogen) atoms. The lowest BCUT2D eigenvalue weighted by Gasteiger charge is -2.09. The van der Waals surface area contributed by atoms with E-state index in [0.717, 1.165) is 11.4 Å². The third kappa shape index (κ3) is 3.61. The maximum Gasteiger partial charge on any atom is 0.362 e. The van der Waals surface area contributed by atoms with Crippen molar-refractivity contribution < 1.29 is 14.5 Å². The Morgan fingerprint density at radius 2 is 1.81 bits per heavy atom. The molecule has 0 saturated heterocycles. The number of methoxy groups -OCH3 is 1. The maximum atomic E-state index is 12.4. The number of H-pyrrole nitrogens is 1. The van der Waals surface area contributed by atoms with Gasteiger partial charge in [0.05, 0.1) is 12.0 Å². The van der Waals surface area contributed by atoms with Gasteiger partial charge in [-0.3, -0.25) is 20.0 Å². The molecular formula is C17H15N5O4. The van der Waals surface area contributed by atoms with Gasteiger partial charge in [-0.2, -0.15) is 0 Å². The maximum absolute atomic E-state index is 12.4. The number of amides is 1. The summed E-state index contributed by atoms with van der Waals surface area (Å²) in [6.07, 6.45) is 0. The zero-order valence-electron chi connectivity index (χ0n) is 13.7. The molecule has 3 N–H and O–H groups in total. The van der Waals surface area contributed by atoms with Crippen LogP contribution in [-0.2, 0) is 0 Å². The highest BCUT2D eigenvalue weighted by molar-refractivity contribution is 6.06. The molecule has 0 atom stereocenters. The summed E-state index contributed by atoms with van der Waals surface area (Å²) >= 11 is 0. The van der Waals surface area contributed by atoms with Gasteiger partial charge >= 0.3 is 11.6 Å². The SMILES string of the molecule is COc1n[nH]c(C(=O)Nc2cccc(Nc3ccccc3)c2)c1[N+](=O)[O-]. The third-order valence-electron chi connectivity index (χ3n) is 3.49. The van der Waals surface area contributed by atoms with Gasteiger partial charge in [0.1, 0.15) is 0 Å². The van der Waals surface area contributed by atoms with Gasteiger partial charge in [-0.15, -0.1) is 5.10 Å². The second-order valence-electron chi connectivity index (χ2n) is 5.24. The van der Waals surface area contributed by atoms with Crippen LogP contribution in [0.1, 0.15) is 10.5 Å². The molecule has 0 saturated carbocycles. The Morgan fingerprint density at radius 1 is 1.12 bits per heavy atom. The number of ether oxygens (including phenoxy) is 1. The van der Waals surface area contributed by atoms with Crippen LogP contribution in [-0.4, -0.2) is 28.1 Å². The molecule has 0 bridgehead atoms. The van der Waals surface area contributed by atoms with E-state index in [2.05, 4.69) is 20.8 Å². The first-order valence-corrected chi connectivity index (χ1v) is 7.58. The van der Waals surface area contributed by atoms with Crippen LogP contribution in [0.25, 0.3) is 0 Å². The van der Waals surface area contributed by atoms with Crippen molar-refractivity contribution in [3.8, 4) is 5.88 Å². The number of carbonyl (C=O) groups excluding carboxylic acids is 1. The fraction of sp³-hybridized carbons (Fsp3) is 0.0588. The van der Waals surface area contributed by atoms with Crippen LogP contribution < -0.4 is 15.4 Å². The number of hydrogen-bond acceptors (Lipinski definition) is 6. The number of nitrogens with zero attached hydrogens (tertiary/aromatic N) is 2. The lowest BCUT2D eigenvalue weighted by Crippen LogP contribution is -2.14. The number of para-hydroxylation sites is 1. The van der Waals surface area contributed by atoms with Crippen molar-refractivity contribution in [2.24, 2.45) is 0 Å². The van der Waals surface area contributed by atoms with Crippen molar-refractivity contribution in [2.45, 2.75) is 0 Å². The first kappa shape index (κ1) is 17.0. The summed E-state index contributed by atoms with van der Waals surface area (Å²) < 4.78 is 4.80. The van der Waals surface area contributed by atoms with Crippen LogP contribution in [0.15, 0.2) is 54.6 Å². The van der Waals surface area contributed by atoms with Gasteiger partial charge in [-0.25, -0.2) is 0 Å². The Bertz CT molecular complexity index is 939. The van der Waals surface area contributed by atoms with E-state index in [9.17, 15) is 14.9 Å². The van der Waals surface area contributed by atoms with Gasteiger partial charge in [0.25, 0.3) is 5.91 Å². The molecule has 1 aromatic heterocycles. The minimum absolute atomic E-state index is 0.250. The summed E-state index contributed by atoms with van der Waals surface area (Å²) in [6.45, 7) is 0. The number of nitrogens with one attached hydrogen (secondary N) is 3. The van der Waals surface area contributed by atoms with E-state index in [1.165, 1.54) is 7.11 Å². The van der Waals surface area contributed by atoms with E-state index in [-0.39, 0.29) is 11.6 Å². The summed E-state index contributed by atoms with van der Waals surface area (Å²) in [7, 11) is 1.24. The lowest BCUT2D eigenvalue weighted by atomic mass is 10.2. The predicted octanol–water partition coefficient (Wildman–Crippen LogP) is 3.32. The highest BCUT2D eigenvalue weighted by Gasteiger charge is 2.30. The zero-order valence-corrected chi connectivity index (χ0v) is 13.7. The molecule has 0 aliphatic heterocycles. The third-order valence-corrected chi connectivity index (χ3v) is 3.49. The fourth-order valence-electron chi connectivity index (χ4n) is 2.35. The number of anilines is 3. The van der Waals surface area contributed by atoms with Crippen molar-refractivity contribution in [3.05, 3.63) is 70.4 Å². The highest BCUT2D eigenvalue weighted by Crippen LogP contribution is 2.28. The second kappa shape index (κ2) is 7.34. The number of hydrogen-bond donors (Lipinski definition) is 3. The predicted molar refractivity (Wildman–Crippen MR) is 95.9 cm³/mol. The Hall–Kier alpha value is -3.88. The van der Waals surface area contributed by atoms with Crippen molar-refractivity contribution >= 4 is 28.7 Å². The molecule has 1 amide bonds.